The van der Waals surface area contributed by atoms with Crippen LogP contribution < -0.4 is 5.32 Å². The molecule has 1 aliphatic rings. The molecule has 1 aliphatic heterocycles. The van der Waals surface area contributed by atoms with Gasteiger partial charge in [0.2, 0.25) is 0 Å². The van der Waals surface area contributed by atoms with E-state index in [1.54, 1.807) is 0 Å². The smallest absolute Gasteiger partial charge is 0.0767 e. The van der Waals surface area contributed by atoms with Crippen molar-refractivity contribution in [1.29, 1.82) is 0 Å². The Hall–Kier alpha value is -0.560. The van der Waals surface area contributed by atoms with Crippen LogP contribution in [0, 0.1) is 12.3 Å². The molecule has 0 unspecified atom stereocenters. The molecule has 0 amide bonds. The Morgan fingerprint density at radius 1 is 1.26 bits per heavy atom. The van der Waals surface area contributed by atoms with Crippen LogP contribution in [0.15, 0.2) is 0 Å². The van der Waals surface area contributed by atoms with Crippen molar-refractivity contribution in [3.05, 3.63) is 0 Å². The molecule has 0 spiro atoms. The lowest BCUT2D eigenvalue weighted by molar-refractivity contribution is 0.107. The van der Waals surface area contributed by atoms with Crippen LogP contribution in [0.25, 0.3) is 0 Å². The van der Waals surface area contributed by atoms with Crippen molar-refractivity contribution in [1.82, 2.24) is 15.1 Å². The van der Waals surface area contributed by atoms with Crippen molar-refractivity contribution in [2.75, 3.05) is 39.3 Å². The summed E-state index contributed by atoms with van der Waals surface area (Å²) in [5, 5.41) is 3.49. The van der Waals surface area contributed by atoms with Gasteiger partial charge in [0.05, 0.1) is 5.54 Å². The van der Waals surface area contributed by atoms with E-state index in [0.717, 1.165) is 13.0 Å². The van der Waals surface area contributed by atoms with Crippen LogP contribution in [0.2, 0.25) is 0 Å². The van der Waals surface area contributed by atoms with E-state index in [1.807, 2.05) is 0 Å². The first-order chi connectivity index (χ1) is 9.00. The van der Waals surface area contributed by atoms with Crippen LogP contribution in [0.4, 0.5) is 0 Å². The number of hydrogen-bond donors (Lipinski definition) is 1. The number of terminal acetylenes is 1. The fourth-order valence-corrected chi connectivity index (χ4v) is 2.45. The molecule has 0 saturated carbocycles. The van der Waals surface area contributed by atoms with E-state index < -0.39 is 0 Å². The summed E-state index contributed by atoms with van der Waals surface area (Å²) in [5.74, 6) is 2.85. The Bertz CT molecular complexity index is 287. The van der Waals surface area contributed by atoms with Crippen molar-refractivity contribution in [2.24, 2.45) is 0 Å². The van der Waals surface area contributed by atoms with Crippen LogP contribution in [-0.4, -0.2) is 60.6 Å². The minimum Gasteiger partial charge on any atom is -0.301 e. The molecular formula is C16H31N3. The SMILES string of the molecule is C#C[C@](C)(CC)NCCCN1CCN(C(C)C)CC1. The average molecular weight is 265 g/mol. The van der Waals surface area contributed by atoms with Gasteiger partial charge in [-0.1, -0.05) is 12.8 Å². The highest BCUT2D eigenvalue weighted by atomic mass is 15.3. The number of rotatable bonds is 7. The number of nitrogens with zero attached hydrogens (tertiary/aromatic N) is 2. The van der Waals surface area contributed by atoms with E-state index in [2.05, 4.69) is 48.7 Å². The zero-order chi connectivity index (χ0) is 14.3. The van der Waals surface area contributed by atoms with E-state index in [1.165, 1.54) is 39.1 Å². The Kier molecular flexibility index (Phi) is 6.85. The van der Waals surface area contributed by atoms with E-state index in [-0.39, 0.29) is 5.54 Å². The van der Waals surface area contributed by atoms with Crippen LogP contribution in [0.3, 0.4) is 0 Å². The fourth-order valence-electron chi connectivity index (χ4n) is 2.45. The summed E-state index contributed by atoms with van der Waals surface area (Å²) < 4.78 is 0. The summed E-state index contributed by atoms with van der Waals surface area (Å²) in [4.78, 5) is 5.13. The monoisotopic (exact) mass is 265 g/mol. The molecule has 0 bridgehead atoms. The Balaban J connectivity index is 2.13. The van der Waals surface area contributed by atoms with Crippen molar-refractivity contribution >= 4 is 0 Å². The molecule has 0 aliphatic carbocycles. The van der Waals surface area contributed by atoms with E-state index in [0.29, 0.717) is 6.04 Å². The molecule has 19 heavy (non-hydrogen) atoms. The van der Waals surface area contributed by atoms with Crippen molar-refractivity contribution in [2.45, 2.75) is 52.1 Å². The lowest BCUT2D eigenvalue weighted by atomic mass is 10.0. The third kappa shape index (κ3) is 5.52. The standard InChI is InChI=1S/C16H31N3/c1-6-16(5,7-2)17-9-8-10-18-11-13-19(14-12-18)15(3)4/h1,15,17H,7-14H2,2-5H3/t16-/m1/s1. The van der Waals surface area contributed by atoms with Crippen molar-refractivity contribution < 1.29 is 0 Å². The maximum atomic E-state index is 5.56. The van der Waals surface area contributed by atoms with Crippen LogP contribution in [0.5, 0.6) is 0 Å². The molecule has 1 atom stereocenters. The van der Waals surface area contributed by atoms with Crippen molar-refractivity contribution in [3.8, 4) is 12.3 Å². The molecule has 0 aromatic heterocycles. The number of hydrogen-bond acceptors (Lipinski definition) is 3. The van der Waals surface area contributed by atoms with Gasteiger partial charge >= 0.3 is 0 Å². The molecule has 1 fully saturated rings. The van der Waals surface area contributed by atoms with Gasteiger partial charge in [0.15, 0.2) is 0 Å². The number of piperazine rings is 1. The molecule has 0 radical (unpaired) electrons. The molecule has 3 heteroatoms. The molecule has 1 saturated heterocycles. The third-order valence-corrected chi connectivity index (χ3v) is 4.33. The summed E-state index contributed by atoms with van der Waals surface area (Å²) in [6, 6.07) is 0.685. The van der Waals surface area contributed by atoms with Gasteiger partial charge in [-0.3, -0.25) is 4.90 Å². The van der Waals surface area contributed by atoms with Gasteiger partial charge in [-0.05, 0) is 46.7 Å². The largest absolute Gasteiger partial charge is 0.301 e. The van der Waals surface area contributed by atoms with Crippen LogP contribution in [0.1, 0.15) is 40.5 Å². The zero-order valence-corrected chi connectivity index (χ0v) is 13.2. The lowest BCUT2D eigenvalue weighted by Gasteiger charge is -2.37. The normalized spacial score (nSPS) is 21.3. The lowest BCUT2D eigenvalue weighted by Crippen LogP contribution is -2.49. The molecule has 0 aromatic carbocycles. The van der Waals surface area contributed by atoms with Gasteiger partial charge in [0.1, 0.15) is 0 Å². The second-order valence-electron chi connectivity index (χ2n) is 6.08. The zero-order valence-electron chi connectivity index (χ0n) is 13.2. The number of nitrogens with one attached hydrogen (secondary N) is 1. The van der Waals surface area contributed by atoms with E-state index >= 15 is 0 Å². The first kappa shape index (κ1) is 16.5. The summed E-state index contributed by atoms with van der Waals surface area (Å²) in [6.45, 7) is 15.8. The highest BCUT2D eigenvalue weighted by Crippen LogP contribution is 2.08. The Morgan fingerprint density at radius 2 is 1.89 bits per heavy atom. The highest BCUT2D eigenvalue weighted by molar-refractivity contribution is 5.09. The summed E-state index contributed by atoms with van der Waals surface area (Å²) in [5.41, 5.74) is -0.129. The molecule has 1 heterocycles. The molecular weight excluding hydrogens is 234 g/mol. The highest BCUT2D eigenvalue weighted by Gasteiger charge is 2.19. The van der Waals surface area contributed by atoms with Crippen molar-refractivity contribution in [3.63, 3.8) is 0 Å². The molecule has 1 N–H and O–H groups in total. The maximum Gasteiger partial charge on any atom is 0.0767 e. The Labute approximate surface area is 119 Å². The minimum atomic E-state index is -0.129. The van der Waals surface area contributed by atoms with E-state index in [9.17, 15) is 0 Å². The second kappa shape index (κ2) is 7.89. The van der Waals surface area contributed by atoms with Gasteiger partial charge in [-0.25, -0.2) is 0 Å². The van der Waals surface area contributed by atoms with Gasteiger partial charge < -0.3 is 10.2 Å². The second-order valence-corrected chi connectivity index (χ2v) is 6.08. The molecule has 3 nitrogen and oxygen atoms in total. The minimum absolute atomic E-state index is 0.129. The summed E-state index contributed by atoms with van der Waals surface area (Å²) >= 11 is 0. The topological polar surface area (TPSA) is 18.5 Å². The van der Waals surface area contributed by atoms with Crippen LogP contribution in [-0.2, 0) is 0 Å². The molecule has 1 rings (SSSR count). The Morgan fingerprint density at radius 3 is 2.37 bits per heavy atom. The summed E-state index contributed by atoms with van der Waals surface area (Å²) in [6.07, 6.45) is 7.72. The predicted molar refractivity (Wildman–Crippen MR) is 83.3 cm³/mol. The fraction of sp³-hybridized carbons (Fsp3) is 0.875. The average Bonchev–Trinajstić information content (AvgIpc) is 2.44. The first-order valence-corrected chi connectivity index (χ1v) is 7.70. The molecule has 0 aromatic rings. The van der Waals surface area contributed by atoms with Gasteiger partial charge in [-0.15, -0.1) is 6.42 Å². The van der Waals surface area contributed by atoms with Crippen LogP contribution >= 0.6 is 0 Å². The van der Waals surface area contributed by atoms with Gasteiger partial charge in [-0.2, -0.15) is 0 Å². The first-order valence-electron chi connectivity index (χ1n) is 7.70. The third-order valence-electron chi connectivity index (χ3n) is 4.33. The van der Waals surface area contributed by atoms with Gasteiger partial charge in [0.25, 0.3) is 0 Å². The quantitative estimate of drug-likeness (QED) is 0.559. The maximum absolute atomic E-state index is 5.56. The predicted octanol–water partition coefficient (Wildman–Crippen LogP) is 1.79. The molecule has 110 valence electrons. The van der Waals surface area contributed by atoms with Gasteiger partial charge in [0, 0.05) is 32.2 Å². The summed E-state index contributed by atoms with van der Waals surface area (Å²) in [7, 11) is 0. The van der Waals surface area contributed by atoms with E-state index in [4.69, 9.17) is 6.42 Å².